The molecule has 1 saturated heterocycles. The standard InChI is InChI=1S/C28H33N3O2/c1-33-25-13-12-22-16-20(10-11-23(22)17-25)18-31-15-5-8-24(19-31)27(26-9-2-3-14-29-26)30-28(32)21-6-4-7-21/h2-3,9-14,16-17,21,24,27H,4-8,15,18-19H2,1H3,(H,30,32)/t24-,27-/m1/s1. The third-order valence-corrected chi connectivity index (χ3v) is 7.31. The van der Waals surface area contributed by atoms with Crippen molar-refractivity contribution in [3.8, 4) is 5.75 Å². The van der Waals surface area contributed by atoms with Crippen LogP contribution in [-0.4, -0.2) is 36.0 Å². The molecule has 1 aromatic heterocycles. The van der Waals surface area contributed by atoms with Gasteiger partial charge in [0.25, 0.3) is 0 Å². The minimum Gasteiger partial charge on any atom is -0.497 e. The van der Waals surface area contributed by atoms with Crippen molar-refractivity contribution in [2.24, 2.45) is 11.8 Å². The van der Waals surface area contributed by atoms with Gasteiger partial charge in [-0.2, -0.15) is 0 Å². The minimum atomic E-state index is -0.0221. The molecule has 1 N–H and O–H groups in total. The molecule has 1 amide bonds. The second-order valence-corrected chi connectivity index (χ2v) is 9.55. The molecule has 0 bridgehead atoms. The number of benzene rings is 2. The predicted octanol–water partition coefficient (Wildman–Crippen LogP) is 5.11. The monoisotopic (exact) mass is 443 g/mol. The summed E-state index contributed by atoms with van der Waals surface area (Å²) in [4.78, 5) is 20.0. The maximum absolute atomic E-state index is 12.8. The lowest BCUT2D eigenvalue weighted by atomic mass is 9.83. The van der Waals surface area contributed by atoms with Gasteiger partial charge in [0.2, 0.25) is 5.91 Å². The number of fused-ring (bicyclic) bond motifs is 1. The largest absolute Gasteiger partial charge is 0.497 e. The summed E-state index contributed by atoms with van der Waals surface area (Å²) in [5, 5.41) is 5.82. The predicted molar refractivity (Wildman–Crippen MR) is 131 cm³/mol. The van der Waals surface area contributed by atoms with Crippen molar-refractivity contribution in [3.05, 3.63) is 72.1 Å². The highest BCUT2D eigenvalue weighted by Crippen LogP contribution is 2.33. The molecule has 1 aliphatic heterocycles. The molecular weight excluding hydrogens is 410 g/mol. The first kappa shape index (κ1) is 21.9. The number of likely N-dealkylation sites (tertiary alicyclic amines) is 1. The Balaban J connectivity index is 1.30. The quantitative estimate of drug-likeness (QED) is 0.551. The molecule has 0 radical (unpaired) electrons. The van der Waals surface area contributed by atoms with E-state index in [4.69, 9.17) is 4.74 Å². The lowest BCUT2D eigenvalue weighted by Gasteiger charge is -2.38. The van der Waals surface area contributed by atoms with Crippen LogP contribution in [0.5, 0.6) is 5.75 Å². The van der Waals surface area contributed by atoms with Crippen molar-refractivity contribution >= 4 is 16.7 Å². The Bertz CT molecular complexity index is 1100. The summed E-state index contributed by atoms with van der Waals surface area (Å²) in [5.41, 5.74) is 2.30. The van der Waals surface area contributed by atoms with E-state index in [-0.39, 0.29) is 17.9 Å². The number of hydrogen-bond acceptors (Lipinski definition) is 4. The fourth-order valence-corrected chi connectivity index (χ4v) is 5.20. The van der Waals surface area contributed by atoms with E-state index in [1.165, 1.54) is 22.8 Å². The molecule has 2 aliphatic rings. The van der Waals surface area contributed by atoms with Crippen molar-refractivity contribution < 1.29 is 9.53 Å². The van der Waals surface area contributed by atoms with Crippen LogP contribution < -0.4 is 10.1 Å². The molecular formula is C28H33N3O2. The molecule has 5 nitrogen and oxygen atoms in total. The molecule has 2 aromatic carbocycles. The van der Waals surface area contributed by atoms with Gasteiger partial charge in [-0.3, -0.25) is 14.7 Å². The topological polar surface area (TPSA) is 54.5 Å². The number of piperidine rings is 1. The van der Waals surface area contributed by atoms with Crippen LogP contribution in [0.25, 0.3) is 10.8 Å². The van der Waals surface area contributed by atoms with Crippen LogP contribution in [0.1, 0.15) is 49.4 Å². The number of aromatic nitrogens is 1. The van der Waals surface area contributed by atoms with Gasteiger partial charge in [0.05, 0.1) is 18.8 Å². The Morgan fingerprint density at radius 2 is 1.94 bits per heavy atom. The molecule has 172 valence electrons. The van der Waals surface area contributed by atoms with Crippen LogP contribution >= 0.6 is 0 Å². The van der Waals surface area contributed by atoms with Crippen LogP contribution in [-0.2, 0) is 11.3 Å². The normalized spacial score (nSPS) is 20.2. The number of hydrogen-bond donors (Lipinski definition) is 1. The molecule has 33 heavy (non-hydrogen) atoms. The average Bonchev–Trinajstić information content (AvgIpc) is 2.82. The van der Waals surface area contributed by atoms with Crippen LogP contribution in [0.4, 0.5) is 0 Å². The zero-order valence-electron chi connectivity index (χ0n) is 19.4. The van der Waals surface area contributed by atoms with E-state index in [0.717, 1.165) is 56.8 Å². The summed E-state index contributed by atoms with van der Waals surface area (Å²) in [5.74, 6) is 1.65. The van der Waals surface area contributed by atoms with Crippen molar-refractivity contribution in [1.82, 2.24) is 15.2 Å². The molecule has 1 saturated carbocycles. The van der Waals surface area contributed by atoms with E-state index >= 15 is 0 Å². The second kappa shape index (κ2) is 9.92. The highest BCUT2D eigenvalue weighted by Gasteiger charge is 2.33. The summed E-state index contributed by atoms with van der Waals surface area (Å²) in [7, 11) is 1.70. The third-order valence-electron chi connectivity index (χ3n) is 7.31. The summed E-state index contributed by atoms with van der Waals surface area (Å²) < 4.78 is 5.35. The molecule has 0 spiro atoms. The van der Waals surface area contributed by atoms with E-state index in [2.05, 4.69) is 51.6 Å². The first-order valence-corrected chi connectivity index (χ1v) is 12.2. The molecule has 1 aliphatic carbocycles. The first-order chi connectivity index (χ1) is 16.2. The number of pyridine rings is 1. The number of ether oxygens (including phenoxy) is 1. The van der Waals surface area contributed by atoms with Crippen molar-refractivity contribution in [3.63, 3.8) is 0 Å². The number of nitrogens with one attached hydrogen (secondary N) is 1. The number of carbonyl (C=O) groups excluding carboxylic acids is 1. The Labute approximate surface area is 196 Å². The van der Waals surface area contributed by atoms with E-state index < -0.39 is 0 Å². The van der Waals surface area contributed by atoms with Gasteiger partial charge >= 0.3 is 0 Å². The van der Waals surface area contributed by atoms with Crippen molar-refractivity contribution in [2.45, 2.75) is 44.7 Å². The molecule has 0 unspecified atom stereocenters. The van der Waals surface area contributed by atoms with E-state index in [0.29, 0.717) is 5.92 Å². The van der Waals surface area contributed by atoms with Crippen LogP contribution in [0, 0.1) is 11.8 Å². The second-order valence-electron chi connectivity index (χ2n) is 9.55. The number of nitrogens with zero attached hydrogens (tertiary/aromatic N) is 2. The number of rotatable bonds is 7. The number of amides is 1. The third kappa shape index (κ3) is 5.03. The zero-order chi connectivity index (χ0) is 22.6. The summed E-state index contributed by atoms with van der Waals surface area (Å²) in [6.45, 7) is 2.97. The molecule has 3 aromatic rings. The molecule has 5 heteroatoms. The summed E-state index contributed by atoms with van der Waals surface area (Å²) >= 11 is 0. The average molecular weight is 444 g/mol. The maximum Gasteiger partial charge on any atom is 0.223 e. The van der Waals surface area contributed by atoms with Crippen LogP contribution in [0.15, 0.2) is 60.8 Å². The van der Waals surface area contributed by atoms with Gasteiger partial charge in [-0.05, 0) is 84.8 Å². The number of carbonyl (C=O) groups is 1. The smallest absolute Gasteiger partial charge is 0.223 e. The Morgan fingerprint density at radius 1 is 1.09 bits per heavy atom. The maximum atomic E-state index is 12.8. The Kier molecular flexibility index (Phi) is 6.58. The first-order valence-electron chi connectivity index (χ1n) is 12.2. The zero-order valence-corrected chi connectivity index (χ0v) is 19.4. The lowest BCUT2D eigenvalue weighted by molar-refractivity contribution is -0.128. The number of methoxy groups -OCH3 is 1. The molecule has 2 atom stereocenters. The molecule has 2 heterocycles. The van der Waals surface area contributed by atoms with Crippen LogP contribution in [0.2, 0.25) is 0 Å². The highest BCUT2D eigenvalue weighted by atomic mass is 16.5. The fourth-order valence-electron chi connectivity index (χ4n) is 5.20. The van der Waals surface area contributed by atoms with Gasteiger partial charge in [0.15, 0.2) is 0 Å². The van der Waals surface area contributed by atoms with Gasteiger partial charge in [-0.25, -0.2) is 0 Å². The van der Waals surface area contributed by atoms with E-state index in [1.807, 2.05) is 24.4 Å². The van der Waals surface area contributed by atoms with E-state index in [1.54, 1.807) is 7.11 Å². The Morgan fingerprint density at radius 3 is 2.70 bits per heavy atom. The fraction of sp³-hybridized carbons (Fsp3) is 0.429. The van der Waals surface area contributed by atoms with Gasteiger partial charge in [0.1, 0.15) is 5.75 Å². The SMILES string of the molecule is COc1ccc2cc(CN3CCC[C@@H]([C@@H](NC(=O)C4CCC4)c4ccccn4)C3)ccc2c1. The summed E-state index contributed by atoms with van der Waals surface area (Å²) in [6.07, 6.45) is 7.29. The lowest BCUT2D eigenvalue weighted by Crippen LogP contribution is -2.45. The minimum absolute atomic E-state index is 0.0221. The Hall–Kier alpha value is -2.92. The highest BCUT2D eigenvalue weighted by molar-refractivity contribution is 5.84. The van der Waals surface area contributed by atoms with Gasteiger partial charge < -0.3 is 10.1 Å². The van der Waals surface area contributed by atoms with Crippen molar-refractivity contribution in [1.29, 1.82) is 0 Å². The van der Waals surface area contributed by atoms with Crippen LogP contribution in [0.3, 0.4) is 0 Å². The summed E-state index contributed by atoms with van der Waals surface area (Å²) in [6, 6.07) is 18.9. The van der Waals surface area contributed by atoms with Gasteiger partial charge in [-0.15, -0.1) is 0 Å². The van der Waals surface area contributed by atoms with Gasteiger partial charge in [0, 0.05) is 25.2 Å². The van der Waals surface area contributed by atoms with Gasteiger partial charge in [-0.1, -0.05) is 30.7 Å². The van der Waals surface area contributed by atoms with Crippen molar-refractivity contribution in [2.75, 3.05) is 20.2 Å². The van der Waals surface area contributed by atoms with E-state index in [9.17, 15) is 4.79 Å². The molecule has 2 fully saturated rings. The molecule has 5 rings (SSSR count).